The van der Waals surface area contributed by atoms with Gasteiger partial charge in [-0.25, -0.2) is 0 Å². The third-order valence-corrected chi connectivity index (χ3v) is 5.61. The maximum Gasteiger partial charge on any atom is 0.0434 e. The van der Waals surface area contributed by atoms with E-state index in [1.165, 1.54) is 75.5 Å². The molecule has 0 radical (unpaired) electrons. The Labute approximate surface area is 137 Å². The Hall–Kier alpha value is -0.850. The lowest BCUT2D eigenvalue weighted by Gasteiger charge is -2.28. The molecule has 1 saturated carbocycles. The van der Waals surface area contributed by atoms with Gasteiger partial charge in [-0.05, 0) is 55.6 Å². The molecule has 0 aromatic carbocycles. The summed E-state index contributed by atoms with van der Waals surface area (Å²) in [5.41, 5.74) is 2.76. The lowest BCUT2D eigenvalue weighted by molar-refractivity contribution is 0.300. The number of pyridine rings is 1. The van der Waals surface area contributed by atoms with Crippen LogP contribution in [0.4, 0.5) is 0 Å². The van der Waals surface area contributed by atoms with Gasteiger partial charge in [0.1, 0.15) is 0 Å². The van der Waals surface area contributed by atoms with Crippen LogP contribution < -0.4 is 0 Å². The summed E-state index contributed by atoms with van der Waals surface area (Å²) in [6.45, 7) is 6.90. The average Bonchev–Trinajstić information content (AvgIpc) is 2.56. The van der Waals surface area contributed by atoms with Crippen molar-refractivity contribution in [2.45, 2.75) is 90.9 Å². The van der Waals surface area contributed by atoms with Crippen molar-refractivity contribution >= 4 is 0 Å². The summed E-state index contributed by atoms with van der Waals surface area (Å²) >= 11 is 0. The fraction of sp³-hybridized carbons (Fsp3) is 0.762. The number of nitrogens with zero attached hydrogens (tertiary/aromatic N) is 1. The van der Waals surface area contributed by atoms with Crippen molar-refractivity contribution in [3.05, 3.63) is 29.6 Å². The van der Waals surface area contributed by atoms with E-state index in [9.17, 15) is 0 Å². The summed E-state index contributed by atoms with van der Waals surface area (Å²) < 4.78 is 0. The topological polar surface area (TPSA) is 12.9 Å². The predicted molar refractivity (Wildman–Crippen MR) is 96.2 cm³/mol. The van der Waals surface area contributed by atoms with Crippen LogP contribution in [0.3, 0.4) is 0 Å². The Kier molecular flexibility index (Phi) is 7.42. The zero-order valence-corrected chi connectivity index (χ0v) is 15.0. The van der Waals surface area contributed by atoms with Crippen molar-refractivity contribution in [1.29, 1.82) is 0 Å². The molecule has 0 unspecified atom stereocenters. The van der Waals surface area contributed by atoms with Gasteiger partial charge < -0.3 is 0 Å². The van der Waals surface area contributed by atoms with Gasteiger partial charge in [0, 0.05) is 17.8 Å². The Balaban J connectivity index is 1.78. The van der Waals surface area contributed by atoms with Crippen LogP contribution in [0.25, 0.3) is 0 Å². The average molecular weight is 302 g/mol. The third kappa shape index (κ3) is 5.41. The van der Waals surface area contributed by atoms with Crippen LogP contribution in [0.5, 0.6) is 0 Å². The van der Waals surface area contributed by atoms with Crippen LogP contribution in [0.15, 0.2) is 18.3 Å². The van der Waals surface area contributed by atoms with Crippen LogP contribution in [-0.4, -0.2) is 4.98 Å². The first-order valence-corrected chi connectivity index (χ1v) is 9.67. The first-order chi connectivity index (χ1) is 10.7. The number of rotatable bonds is 8. The quantitative estimate of drug-likeness (QED) is 0.498. The van der Waals surface area contributed by atoms with E-state index in [0.29, 0.717) is 0 Å². The predicted octanol–water partition coefficient (Wildman–Crippen LogP) is 6.52. The van der Waals surface area contributed by atoms with Crippen LogP contribution in [0.1, 0.15) is 95.7 Å². The zero-order chi connectivity index (χ0) is 15.8. The maximum atomic E-state index is 4.79. The first-order valence-electron chi connectivity index (χ1n) is 9.67. The zero-order valence-electron chi connectivity index (χ0n) is 15.0. The lowest BCUT2D eigenvalue weighted by Crippen LogP contribution is -2.14. The van der Waals surface area contributed by atoms with Gasteiger partial charge in [-0.3, -0.25) is 4.98 Å². The molecule has 1 nitrogen and oxygen atoms in total. The van der Waals surface area contributed by atoms with Crippen molar-refractivity contribution in [1.82, 2.24) is 4.98 Å². The highest BCUT2D eigenvalue weighted by molar-refractivity contribution is 5.17. The van der Waals surface area contributed by atoms with Gasteiger partial charge in [-0.1, -0.05) is 58.9 Å². The van der Waals surface area contributed by atoms with E-state index in [1.807, 2.05) is 0 Å². The first kappa shape index (κ1) is 17.5. The summed E-state index contributed by atoms with van der Waals surface area (Å²) in [6, 6.07) is 4.63. The molecule has 1 aliphatic carbocycles. The van der Waals surface area contributed by atoms with E-state index in [-0.39, 0.29) is 0 Å². The second-order valence-electron chi connectivity index (χ2n) is 7.52. The molecule has 1 atom stereocenters. The summed E-state index contributed by atoms with van der Waals surface area (Å²) in [5.74, 6) is 2.48. The molecule has 0 N–H and O–H groups in total. The third-order valence-electron chi connectivity index (χ3n) is 5.61. The fourth-order valence-corrected chi connectivity index (χ4v) is 3.77. The van der Waals surface area contributed by atoms with Gasteiger partial charge in [0.25, 0.3) is 0 Å². The summed E-state index contributed by atoms with van der Waals surface area (Å²) in [7, 11) is 0. The van der Waals surface area contributed by atoms with Gasteiger partial charge in [0.05, 0.1) is 0 Å². The molecule has 1 aliphatic rings. The maximum absolute atomic E-state index is 4.79. The molecule has 1 heteroatoms. The molecule has 22 heavy (non-hydrogen) atoms. The van der Waals surface area contributed by atoms with Crippen molar-refractivity contribution in [3.8, 4) is 0 Å². The minimum Gasteiger partial charge on any atom is -0.261 e. The minimum absolute atomic E-state index is 0.722. The molecule has 0 saturated heterocycles. The Bertz CT molecular complexity index is 400. The summed E-state index contributed by atoms with van der Waals surface area (Å²) in [5, 5.41) is 0. The number of aromatic nitrogens is 1. The highest BCUT2D eigenvalue weighted by Crippen LogP contribution is 2.37. The molecule has 0 aliphatic heterocycles. The highest BCUT2D eigenvalue weighted by atomic mass is 14.7. The molecular formula is C21H35N. The minimum atomic E-state index is 0.722. The smallest absolute Gasteiger partial charge is 0.0434 e. The van der Waals surface area contributed by atoms with Gasteiger partial charge in [0.2, 0.25) is 0 Å². The van der Waals surface area contributed by atoms with E-state index in [0.717, 1.165) is 17.8 Å². The van der Waals surface area contributed by atoms with Crippen molar-refractivity contribution in [3.63, 3.8) is 0 Å². The number of unbranched alkanes of at least 4 members (excludes halogenated alkanes) is 2. The molecule has 0 bridgehead atoms. The Morgan fingerprint density at radius 2 is 1.86 bits per heavy atom. The molecular weight excluding hydrogens is 266 g/mol. The number of hydrogen-bond donors (Lipinski definition) is 0. The molecule has 0 spiro atoms. The van der Waals surface area contributed by atoms with Crippen molar-refractivity contribution in [2.24, 2.45) is 11.8 Å². The van der Waals surface area contributed by atoms with Crippen LogP contribution in [-0.2, 0) is 6.42 Å². The van der Waals surface area contributed by atoms with E-state index >= 15 is 0 Å². The Morgan fingerprint density at radius 1 is 1.09 bits per heavy atom. The lowest BCUT2D eigenvalue weighted by atomic mass is 9.78. The van der Waals surface area contributed by atoms with Gasteiger partial charge in [0.15, 0.2) is 0 Å². The summed E-state index contributed by atoms with van der Waals surface area (Å²) in [4.78, 5) is 4.79. The largest absolute Gasteiger partial charge is 0.261 e. The molecule has 2 rings (SSSR count). The molecule has 1 heterocycles. The van der Waals surface area contributed by atoms with E-state index < -0.39 is 0 Å². The van der Waals surface area contributed by atoms with Gasteiger partial charge >= 0.3 is 0 Å². The molecule has 1 aromatic rings. The molecule has 1 aromatic heterocycles. The highest BCUT2D eigenvalue weighted by Gasteiger charge is 2.22. The van der Waals surface area contributed by atoms with Crippen molar-refractivity contribution in [2.75, 3.05) is 0 Å². The van der Waals surface area contributed by atoms with Gasteiger partial charge in [-0.15, -0.1) is 0 Å². The SMILES string of the molecule is CCCCCC1CCC(c2ccc(C[C@@H](C)CC)cn2)CC1. The second-order valence-corrected chi connectivity index (χ2v) is 7.52. The van der Waals surface area contributed by atoms with E-state index in [4.69, 9.17) is 4.98 Å². The van der Waals surface area contributed by atoms with Crippen molar-refractivity contribution < 1.29 is 0 Å². The second kappa shape index (κ2) is 9.33. The normalized spacial score (nSPS) is 23.4. The monoisotopic (exact) mass is 301 g/mol. The van der Waals surface area contributed by atoms with Gasteiger partial charge in [-0.2, -0.15) is 0 Å². The van der Waals surface area contributed by atoms with E-state index in [2.05, 4.69) is 39.1 Å². The summed E-state index contributed by atoms with van der Waals surface area (Å²) in [6.07, 6.45) is 15.8. The Morgan fingerprint density at radius 3 is 2.45 bits per heavy atom. The molecule has 124 valence electrons. The van der Waals surface area contributed by atoms with Crippen LogP contribution in [0.2, 0.25) is 0 Å². The molecule has 0 amide bonds. The fourth-order valence-electron chi connectivity index (χ4n) is 3.77. The van der Waals surface area contributed by atoms with Crippen LogP contribution >= 0.6 is 0 Å². The standard InChI is InChI=1S/C21H35N/c1-4-6-7-8-18-9-12-20(13-10-18)21-14-11-19(16-22-21)15-17(3)5-2/h11,14,16-18,20H,4-10,12-13,15H2,1-3H3/t17-,18?,20?/m0/s1. The number of hydrogen-bond acceptors (Lipinski definition) is 1. The van der Waals surface area contributed by atoms with Crippen LogP contribution in [0, 0.1) is 11.8 Å². The molecule has 1 fully saturated rings. The van der Waals surface area contributed by atoms with E-state index in [1.54, 1.807) is 0 Å².